The van der Waals surface area contributed by atoms with Gasteiger partial charge in [-0.05, 0) is 17.7 Å². The standard InChI is InChI=1S/C13H11ClN4O3/c1-18-11(19)6-10(16-13(18)21)12(20)17-15-7-8-2-4-9(14)5-3-8/h2-7H,1H3,(H,16,21)(H,17,20)/b15-7+. The van der Waals surface area contributed by atoms with E-state index < -0.39 is 17.2 Å². The number of hydrogen-bond donors (Lipinski definition) is 2. The average molecular weight is 307 g/mol. The maximum Gasteiger partial charge on any atom is 0.328 e. The van der Waals surface area contributed by atoms with E-state index in [1.54, 1.807) is 24.3 Å². The van der Waals surface area contributed by atoms with Gasteiger partial charge in [0.15, 0.2) is 0 Å². The third-order valence-electron chi connectivity index (χ3n) is 2.64. The van der Waals surface area contributed by atoms with Crippen LogP contribution in [0.25, 0.3) is 0 Å². The van der Waals surface area contributed by atoms with E-state index in [0.29, 0.717) is 5.02 Å². The molecule has 0 radical (unpaired) electrons. The zero-order chi connectivity index (χ0) is 15.4. The van der Waals surface area contributed by atoms with Crippen LogP contribution in [0.1, 0.15) is 16.1 Å². The van der Waals surface area contributed by atoms with E-state index in [0.717, 1.165) is 16.2 Å². The van der Waals surface area contributed by atoms with Gasteiger partial charge in [0, 0.05) is 18.1 Å². The summed E-state index contributed by atoms with van der Waals surface area (Å²) in [5, 5.41) is 4.32. The Kier molecular flexibility index (Phi) is 4.34. The molecule has 0 saturated carbocycles. The van der Waals surface area contributed by atoms with Gasteiger partial charge >= 0.3 is 5.69 Å². The molecule has 1 amide bonds. The van der Waals surface area contributed by atoms with Crippen LogP contribution in [0, 0.1) is 0 Å². The molecule has 2 rings (SSSR count). The minimum absolute atomic E-state index is 0.156. The van der Waals surface area contributed by atoms with Gasteiger partial charge in [-0.3, -0.25) is 14.2 Å². The van der Waals surface area contributed by atoms with E-state index >= 15 is 0 Å². The fourth-order valence-electron chi connectivity index (χ4n) is 1.45. The third-order valence-corrected chi connectivity index (χ3v) is 2.89. The first-order valence-electron chi connectivity index (χ1n) is 5.86. The molecule has 7 nitrogen and oxygen atoms in total. The maximum atomic E-state index is 11.7. The number of carbonyl (C=O) groups is 1. The molecule has 0 atom stereocenters. The highest BCUT2D eigenvalue weighted by molar-refractivity contribution is 6.30. The Labute approximate surface area is 123 Å². The first kappa shape index (κ1) is 14.7. The lowest BCUT2D eigenvalue weighted by Gasteiger charge is -2.01. The minimum Gasteiger partial charge on any atom is -0.302 e. The lowest BCUT2D eigenvalue weighted by atomic mass is 10.2. The van der Waals surface area contributed by atoms with Crippen molar-refractivity contribution >= 4 is 23.7 Å². The van der Waals surface area contributed by atoms with Crippen LogP contribution < -0.4 is 16.7 Å². The second-order valence-electron chi connectivity index (χ2n) is 4.14. The summed E-state index contributed by atoms with van der Waals surface area (Å²) in [5.74, 6) is -0.685. The SMILES string of the molecule is Cn1c(=O)cc(C(=O)N/N=C/c2ccc(Cl)cc2)[nH]c1=O. The van der Waals surface area contributed by atoms with E-state index in [9.17, 15) is 14.4 Å². The van der Waals surface area contributed by atoms with Crippen molar-refractivity contribution in [3.8, 4) is 0 Å². The monoisotopic (exact) mass is 306 g/mol. The Hall–Kier alpha value is -2.67. The quantitative estimate of drug-likeness (QED) is 0.638. The van der Waals surface area contributed by atoms with Gasteiger partial charge in [0.1, 0.15) is 5.69 Å². The number of benzene rings is 1. The van der Waals surface area contributed by atoms with Crippen LogP contribution in [-0.2, 0) is 7.05 Å². The van der Waals surface area contributed by atoms with E-state index in [4.69, 9.17) is 11.6 Å². The normalized spacial score (nSPS) is 10.8. The van der Waals surface area contributed by atoms with Crippen molar-refractivity contribution in [2.45, 2.75) is 0 Å². The molecule has 1 aromatic heterocycles. The number of aromatic nitrogens is 2. The molecule has 0 fully saturated rings. The van der Waals surface area contributed by atoms with Crippen LogP contribution in [0.2, 0.25) is 5.02 Å². The number of nitrogens with one attached hydrogen (secondary N) is 2. The molecule has 2 N–H and O–H groups in total. The molecule has 0 spiro atoms. The molecule has 1 heterocycles. The van der Waals surface area contributed by atoms with Gasteiger partial charge in [0.2, 0.25) is 0 Å². The van der Waals surface area contributed by atoms with Gasteiger partial charge in [-0.25, -0.2) is 10.2 Å². The molecule has 108 valence electrons. The third kappa shape index (κ3) is 3.67. The average Bonchev–Trinajstić information content (AvgIpc) is 2.46. The Morgan fingerprint density at radius 2 is 2.00 bits per heavy atom. The smallest absolute Gasteiger partial charge is 0.302 e. The summed E-state index contributed by atoms with van der Waals surface area (Å²) in [6, 6.07) is 7.83. The Bertz CT molecular complexity index is 774. The Morgan fingerprint density at radius 3 is 2.62 bits per heavy atom. The highest BCUT2D eigenvalue weighted by Gasteiger charge is 2.08. The number of hydrazone groups is 1. The molecular weight excluding hydrogens is 296 g/mol. The van der Waals surface area contributed by atoms with E-state index in [-0.39, 0.29) is 5.69 Å². The second kappa shape index (κ2) is 6.19. The number of amides is 1. The minimum atomic E-state index is -0.685. The summed E-state index contributed by atoms with van der Waals surface area (Å²) >= 11 is 5.74. The van der Waals surface area contributed by atoms with Gasteiger partial charge in [0.05, 0.1) is 6.21 Å². The first-order chi connectivity index (χ1) is 9.97. The van der Waals surface area contributed by atoms with Crippen molar-refractivity contribution < 1.29 is 4.79 Å². The predicted molar refractivity (Wildman–Crippen MR) is 78.8 cm³/mol. The summed E-state index contributed by atoms with van der Waals surface area (Å²) < 4.78 is 0.855. The van der Waals surface area contributed by atoms with E-state index in [1.165, 1.54) is 13.3 Å². The molecular formula is C13H11ClN4O3. The number of H-pyrrole nitrogens is 1. The van der Waals surface area contributed by atoms with Crippen LogP contribution in [0.3, 0.4) is 0 Å². The Balaban J connectivity index is 2.10. The molecule has 21 heavy (non-hydrogen) atoms. The fraction of sp³-hybridized carbons (Fsp3) is 0.0769. The van der Waals surface area contributed by atoms with Gasteiger partial charge < -0.3 is 4.98 Å². The van der Waals surface area contributed by atoms with E-state index in [1.807, 2.05) is 0 Å². The summed E-state index contributed by atoms with van der Waals surface area (Å²) in [6.07, 6.45) is 1.41. The van der Waals surface area contributed by atoms with Gasteiger partial charge in [-0.15, -0.1) is 0 Å². The summed E-state index contributed by atoms with van der Waals surface area (Å²) in [5.41, 5.74) is 1.54. The van der Waals surface area contributed by atoms with Gasteiger partial charge in [-0.1, -0.05) is 23.7 Å². The van der Waals surface area contributed by atoms with Crippen molar-refractivity contribution in [3.63, 3.8) is 0 Å². The zero-order valence-corrected chi connectivity index (χ0v) is 11.7. The van der Waals surface area contributed by atoms with Gasteiger partial charge in [-0.2, -0.15) is 5.10 Å². The topological polar surface area (TPSA) is 96.3 Å². The van der Waals surface area contributed by atoms with Crippen LogP contribution in [-0.4, -0.2) is 21.7 Å². The molecule has 0 aliphatic heterocycles. The molecule has 0 bridgehead atoms. The summed E-state index contributed by atoms with van der Waals surface area (Å²) in [7, 11) is 1.31. The van der Waals surface area contributed by atoms with Crippen LogP contribution in [0.4, 0.5) is 0 Å². The molecule has 0 unspecified atom stereocenters. The number of carbonyl (C=O) groups excluding carboxylic acids is 1. The lowest BCUT2D eigenvalue weighted by molar-refractivity contribution is 0.0949. The molecule has 8 heteroatoms. The molecule has 0 saturated heterocycles. The summed E-state index contributed by atoms with van der Waals surface area (Å²) in [6.45, 7) is 0. The van der Waals surface area contributed by atoms with Crippen molar-refractivity contribution in [1.82, 2.24) is 15.0 Å². The number of halogens is 1. The molecule has 0 aliphatic rings. The van der Waals surface area contributed by atoms with Gasteiger partial charge in [0.25, 0.3) is 11.5 Å². The number of nitrogens with zero attached hydrogens (tertiary/aromatic N) is 2. The highest BCUT2D eigenvalue weighted by Crippen LogP contribution is 2.07. The molecule has 1 aromatic carbocycles. The highest BCUT2D eigenvalue weighted by atomic mass is 35.5. The largest absolute Gasteiger partial charge is 0.328 e. The molecule has 2 aromatic rings. The number of rotatable bonds is 3. The molecule has 0 aliphatic carbocycles. The van der Waals surface area contributed by atoms with E-state index in [2.05, 4.69) is 15.5 Å². The first-order valence-corrected chi connectivity index (χ1v) is 6.24. The summed E-state index contributed by atoms with van der Waals surface area (Å²) in [4.78, 5) is 36.8. The predicted octanol–water partition coefficient (Wildman–Crippen LogP) is 0.491. The second-order valence-corrected chi connectivity index (χ2v) is 4.57. The van der Waals surface area contributed by atoms with Crippen LogP contribution in [0.15, 0.2) is 45.0 Å². The lowest BCUT2D eigenvalue weighted by Crippen LogP contribution is -2.35. The maximum absolute atomic E-state index is 11.7. The fourth-order valence-corrected chi connectivity index (χ4v) is 1.58. The van der Waals surface area contributed by atoms with Crippen LogP contribution >= 0.6 is 11.6 Å². The number of aromatic amines is 1. The number of hydrogen-bond acceptors (Lipinski definition) is 4. The van der Waals surface area contributed by atoms with Crippen molar-refractivity contribution in [1.29, 1.82) is 0 Å². The van der Waals surface area contributed by atoms with Crippen molar-refractivity contribution in [2.75, 3.05) is 0 Å². The van der Waals surface area contributed by atoms with Crippen LogP contribution in [0.5, 0.6) is 0 Å². The Morgan fingerprint density at radius 1 is 1.33 bits per heavy atom. The van der Waals surface area contributed by atoms with Crippen molar-refractivity contribution in [2.24, 2.45) is 12.1 Å². The zero-order valence-electron chi connectivity index (χ0n) is 11.0. The van der Waals surface area contributed by atoms with Crippen molar-refractivity contribution in [3.05, 3.63) is 67.4 Å².